The third kappa shape index (κ3) is 7.54. The van der Waals surface area contributed by atoms with Crippen LogP contribution in [0.5, 0.6) is 0 Å². The van der Waals surface area contributed by atoms with E-state index in [0.717, 1.165) is 17.5 Å². The minimum absolute atomic E-state index is 0.0354. The summed E-state index contributed by atoms with van der Waals surface area (Å²) in [6.45, 7) is 6.50. The molecule has 5 nitrogen and oxygen atoms in total. The minimum Gasteiger partial charge on any atom is -0.349 e. The molecule has 0 fully saturated rings. The first-order chi connectivity index (χ1) is 13.7. The molecule has 6 heteroatoms. The maximum absolute atomic E-state index is 12.5. The molecule has 1 amide bonds. The number of sulfonamides is 1. The van der Waals surface area contributed by atoms with E-state index < -0.39 is 10.0 Å². The molecule has 1 atom stereocenters. The molecule has 2 aromatic rings. The molecule has 2 rings (SSSR count). The number of hydrogen-bond acceptors (Lipinski definition) is 3. The minimum atomic E-state index is -3.41. The van der Waals surface area contributed by atoms with Crippen LogP contribution in [0.15, 0.2) is 54.6 Å². The number of carbonyl (C=O) groups excluding carboxylic acids is 1. The molecule has 0 aliphatic heterocycles. The second kappa shape index (κ2) is 10.4. The molecule has 0 radical (unpaired) electrons. The normalized spacial score (nSPS) is 12.6. The molecular formula is C23H32N2O3S. The predicted octanol–water partition coefficient (Wildman–Crippen LogP) is 4.44. The Morgan fingerprint density at radius 1 is 1.03 bits per heavy atom. The van der Waals surface area contributed by atoms with Crippen LogP contribution >= 0.6 is 0 Å². The molecule has 1 N–H and O–H groups in total. The van der Waals surface area contributed by atoms with Crippen molar-refractivity contribution >= 4 is 21.6 Å². The number of nitrogens with zero attached hydrogens (tertiary/aromatic N) is 1. The largest absolute Gasteiger partial charge is 0.349 e. The maximum atomic E-state index is 12.5. The van der Waals surface area contributed by atoms with Gasteiger partial charge in [-0.2, -0.15) is 0 Å². The van der Waals surface area contributed by atoms with E-state index in [9.17, 15) is 13.2 Å². The van der Waals surface area contributed by atoms with Crippen molar-refractivity contribution in [1.82, 2.24) is 5.32 Å². The molecule has 0 heterocycles. The van der Waals surface area contributed by atoms with E-state index in [1.54, 1.807) is 12.1 Å². The lowest BCUT2D eigenvalue weighted by atomic mass is 9.97. The van der Waals surface area contributed by atoms with Gasteiger partial charge >= 0.3 is 0 Å². The van der Waals surface area contributed by atoms with Crippen molar-refractivity contribution in [1.29, 1.82) is 0 Å². The Balaban J connectivity index is 1.98. The summed E-state index contributed by atoms with van der Waals surface area (Å²) in [6.07, 6.45) is 2.78. The SMILES string of the molecule is Cc1ccc(N(CCCC(=O)N[C@@H](CC(C)C)c2ccccc2)S(C)(=O)=O)cc1. The lowest BCUT2D eigenvalue weighted by molar-refractivity contribution is -0.122. The third-order valence-corrected chi connectivity index (χ3v) is 5.93. The number of hydrogen-bond donors (Lipinski definition) is 1. The summed E-state index contributed by atoms with van der Waals surface area (Å²) in [5.74, 6) is 0.389. The molecule has 0 saturated carbocycles. The predicted molar refractivity (Wildman–Crippen MR) is 119 cm³/mol. The van der Waals surface area contributed by atoms with Gasteiger partial charge in [0, 0.05) is 13.0 Å². The van der Waals surface area contributed by atoms with Gasteiger partial charge in [0.05, 0.1) is 18.0 Å². The summed E-state index contributed by atoms with van der Waals surface area (Å²) in [7, 11) is -3.41. The van der Waals surface area contributed by atoms with Crippen molar-refractivity contribution in [2.45, 2.75) is 46.1 Å². The van der Waals surface area contributed by atoms with Crippen LogP contribution in [0.4, 0.5) is 5.69 Å². The molecule has 0 aliphatic rings. The summed E-state index contributed by atoms with van der Waals surface area (Å²) in [4.78, 5) is 12.5. The molecule has 29 heavy (non-hydrogen) atoms. The monoisotopic (exact) mass is 416 g/mol. The standard InChI is InChI=1S/C23H32N2O3S/c1-18(2)17-22(20-9-6-5-7-10-20)24-23(26)11-8-16-25(29(4,27)28)21-14-12-19(3)13-15-21/h5-7,9-10,12-15,18,22H,8,11,16-17H2,1-4H3,(H,24,26)/t22-/m0/s1. The van der Waals surface area contributed by atoms with E-state index in [2.05, 4.69) is 19.2 Å². The van der Waals surface area contributed by atoms with E-state index in [1.807, 2.05) is 49.4 Å². The van der Waals surface area contributed by atoms with Crippen molar-refractivity contribution in [2.75, 3.05) is 17.1 Å². The topological polar surface area (TPSA) is 66.5 Å². The number of rotatable bonds is 10. The number of aryl methyl sites for hydroxylation is 1. The molecule has 0 bridgehead atoms. The Bertz CT molecular complexity index is 878. The molecular weight excluding hydrogens is 384 g/mol. The fraction of sp³-hybridized carbons (Fsp3) is 0.435. The number of nitrogens with one attached hydrogen (secondary N) is 1. The highest BCUT2D eigenvalue weighted by Gasteiger charge is 2.19. The molecule has 0 saturated heterocycles. The van der Waals surface area contributed by atoms with Gasteiger partial charge in [-0.25, -0.2) is 8.42 Å². The van der Waals surface area contributed by atoms with Crippen LogP contribution in [0.1, 0.15) is 50.3 Å². The Morgan fingerprint density at radius 3 is 2.21 bits per heavy atom. The van der Waals surface area contributed by atoms with Gasteiger partial charge < -0.3 is 5.32 Å². The first-order valence-corrected chi connectivity index (χ1v) is 11.9. The molecule has 0 spiro atoms. The molecule has 0 aliphatic carbocycles. The van der Waals surface area contributed by atoms with Crippen LogP contribution in [-0.4, -0.2) is 27.1 Å². The average molecular weight is 417 g/mol. The van der Waals surface area contributed by atoms with Gasteiger partial charge in [0.15, 0.2) is 0 Å². The van der Waals surface area contributed by atoms with Gasteiger partial charge in [0.25, 0.3) is 0 Å². The van der Waals surface area contributed by atoms with Crippen molar-refractivity contribution in [3.05, 3.63) is 65.7 Å². The first-order valence-electron chi connectivity index (χ1n) is 10.1. The van der Waals surface area contributed by atoms with E-state index >= 15 is 0 Å². The first kappa shape index (κ1) is 22.9. The van der Waals surface area contributed by atoms with E-state index in [4.69, 9.17) is 0 Å². The van der Waals surface area contributed by atoms with Gasteiger partial charge in [-0.05, 0) is 43.4 Å². The maximum Gasteiger partial charge on any atom is 0.232 e. The summed E-state index contributed by atoms with van der Waals surface area (Å²) >= 11 is 0. The Kier molecular flexibility index (Phi) is 8.26. The molecule has 2 aromatic carbocycles. The Hall–Kier alpha value is -2.34. The van der Waals surface area contributed by atoms with Gasteiger partial charge in [-0.3, -0.25) is 9.10 Å². The Labute approximate surface area is 175 Å². The van der Waals surface area contributed by atoms with Gasteiger partial charge in [0.1, 0.15) is 0 Å². The second-order valence-corrected chi connectivity index (χ2v) is 9.84. The quantitative estimate of drug-likeness (QED) is 0.622. The van der Waals surface area contributed by atoms with Crippen molar-refractivity contribution < 1.29 is 13.2 Å². The fourth-order valence-electron chi connectivity index (χ4n) is 3.28. The van der Waals surface area contributed by atoms with Crippen molar-refractivity contribution in [3.8, 4) is 0 Å². The lowest BCUT2D eigenvalue weighted by Gasteiger charge is -2.23. The highest BCUT2D eigenvalue weighted by molar-refractivity contribution is 7.92. The fourth-order valence-corrected chi connectivity index (χ4v) is 4.25. The van der Waals surface area contributed by atoms with Crippen LogP contribution in [0.2, 0.25) is 0 Å². The smallest absolute Gasteiger partial charge is 0.232 e. The van der Waals surface area contributed by atoms with Crippen LogP contribution < -0.4 is 9.62 Å². The number of amides is 1. The molecule has 0 unspecified atom stereocenters. The van der Waals surface area contributed by atoms with Gasteiger partial charge in [-0.1, -0.05) is 61.9 Å². The van der Waals surface area contributed by atoms with Crippen molar-refractivity contribution in [2.24, 2.45) is 5.92 Å². The van der Waals surface area contributed by atoms with E-state index in [0.29, 0.717) is 18.0 Å². The van der Waals surface area contributed by atoms with Crippen LogP contribution in [0.3, 0.4) is 0 Å². The van der Waals surface area contributed by atoms with E-state index in [1.165, 1.54) is 10.6 Å². The highest BCUT2D eigenvalue weighted by atomic mass is 32.2. The third-order valence-electron chi connectivity index (χ3n) is 4.73. The van der Waals surface area contributed by atoms with Gasteiger partial charge in [0.2, 0.25) is 15.9 Å². The second-order valence-electron chi connectivity index (χ2n) is 7.93. The average Bonchev–Trinajstić information content (AvgIpc) is 2.65. The summed E-state index contributed by atoms with van der Waals surface area (Å²) in [6, 6.07) is 17.3. The van der Waals surface area contributed by atoms with E-state index in [-0.39, 0.29) is 24.9 Å². The zero-order valence-electron chi connectivity index (χ0n) is 17.8. The summed E-state index contributed by atoms with van der Waals surface area (Å²) in [5, 5.41) is 3.12. The molecule has 0 aromatic heterocycles. The number of benzene rings is 2. The van der Waals surface area contributed by atoms with Gasteiger partial charge in [-0.15, -0.1) is 0 Å². The highest BCUT2D eigenvalue weighted by Crippen LogP contribution is 2.22. The summed E-state index contributed by atoms with van der Waals surface area (Å²) in [5.41, 5.74) is 2.78. The zero-order valence-corrected chi connectivity index (χ0v) is 18.6. The van der Waals surface area contributed by atoms with Crippen LogP contribution in [0, 0.1) is 12.8 Å². The number of carbonyl (C=O) groups is 1. The molecule has 158 valence electrons. The summed E-state index contributed by atoms with van der Waals surface area (Å²) < 4.78 is 25.8. The lowest BCUT2D eigenvalue weighted by Crippen LogP contribution is -2.33. The Morgan fingerprint density at radius 2 is 1.66 bits per heavy atom. The van der Waals surface area contributed by atoms with Crippen LogP contribution in [0.25, 0.3) is 0 Å². The van der Waals surface area contributed by atoms with Crippen molar-refractivity contribution in [3.63, 3.8) is 0 Å². The zero-order chi connectivity index (χ0) is 21.4. The van der Waals surface area contributed by atoms with Crippen LogP contribution in [-0.2, 0) is 14.8 Å². The number of anilines is 1.